The smallest absolute Gasteiger partial charge is 0.237 e. The number of nitrogens with zero attached hydrogens (tertiary/aromatic N) is 8. The van der Waals surface area contributed by atoms with Crippen LogP contribution in [-0.4, -0.2) is 97.1 Å². The van der Waals surface area contributed by atoms with Gasteiger partial charge in [-0.05, 0) is 87.7 Å². The quantitative estimate of drug-likeness (QED) is 0.242. The Morgan fingerprint density at radius 1 is 0.960 bits per heavy atom. The summed E-state index contributed by atoms with van der Waals surface area (Å²) in [6.07, 6.45) is 11.4. The molecule has 0 bridgehead atoms. The molecule has 7 heterocycles. The van der Waals surface area contributed by atoms with Crippen LogP contribution in [-0.2, 0) is 9.59 Å². The summed E-state index contributed by atoms with van der Waals surface area (Å²) in [7, 11) is 0. The number of hydrogen-bond acceptors (Lipinski definition) is 9. The van der Waals surface area contributed by atoms with Gasteiger partial charge in [-0.15, -0.1) is 0 Å². The summed E-state index contributed by atoms with van der Waals surface area (Å²) in [5.41, 5.74) is 5.85. The molecule has 1 aromatic carbocycles. The Labute approximate surface area is 290 Å². The van der Waals surface area contributed by atoms with Crippen molar-refractivity contribution < 1.29 is 14.3 Å². The van der Waals surface area contributed by atoms with Crippen molar-refractivity contribution in [1.29, 1.82) is 0 Å². The third-order valence-electron chi connectivity index (χ3n) is 10.0. The molecule has 8 rings (SSSR count). The molecule has 0 unspecified atom stereocenters. The molecule has 4 aromatic heterocycles. The molecule has 5 aromatic rings. The zero-order chi connectivity index (χ0) is 34.2. The van der Waals surface area contributed by atoms with Gasteiger partial charge in [-0.3, -0.25) is 24.6 Å². The molecular weight excluding hydrogens is 630 g/mol. The van der Waals surface area contributed by atoms with Crippen LogP contribution in [0, 0.1) is 5.41 Å². The lowest BCUT2D eigenvalue weighted by atomic mass is 9.85. The number of fused-ring (bicyclic) bond motifs is 1. The van der Waals surface area contributed by atoms with E-state index in [0.717, 1.165) is 70.5 Å². The van der Waals surface area contributed by atoms with Crippen molar-refractivity contribution in [3.63, 3.8) is 0 Å². The van der Waals surface area contributed by atoms with Crippen molar-refractivity contribution in [2.75, 3.05) is 44.2 Å². The Kier molecular flexibility index (Phi) is 8.31. The number of aromatic amines is 1. The predicted molar refractivity (Wildman–Crippen MR) is 190 cm³/mol. The zero-order valence-corrected chi connectivity index (χ0v) is 28.2. The first-order valence-electron chi connectivity index (χ1n) is 17.2. The summed E-state index contributed by atoms with van der Waals surface area (Å²) < 4.78 is 5.70. The summed E-state index contributed by atoms with van der Waals surface area (Å²) in [5, 5.41) is 8.61. The predicted octanol–water partition coefficient (Wildman–Crippen LogP) is 5.01. The highest BCUT2D eigenvalue weighted by Crippen LogP contribution is 2.43. The number of rotatable bonds is 8. The molecule has 12 heteroatoms. The van der Waals surface area contributed by atoms with Gasteiger partial charge in [-0.25, -0.2) is 15.0 Å². The summed E-state index contributed by atoms with van der Waals surface area (Å²) in [4.78, 5) is 51.1. The van der Waals surface area contributed by atoms with Gasteiger partial charge in [0, 0.05) is 79.2 Å². The van der Waals surface area contributed by atoms with E-state index in [0.29, 0.717) is 44.4 Å². The number of nitrogens with one attached hydrogen (secondary N) is 1. The van der Waals surface area contributed by atoms with Gasteiger partial charge in [0.15, 0.2) is 5.82 Å². The minimum atomic E-state index is -0.470. The van der Waals surface area contributed by atoms with Gasteiger partial charge >= 0.3 is 0 Å². The van der Waals surface area contributed by atoms with Crippen LogP contribution in [0.3, 0.4) is 0 Å². The van der Waals surface area contributed by atoms with Crippen LogP contribution in [0.5, 0.6) is 5.88 Å². The van der Waals surface area contributed by atoms with E-state index in [1.54, 1.807) is 30.9 Å². The van der Waals surface area contributed by atoms with E-state index in [9.17, 15) is 9.59 Å². The second-order valence-electron chi connectivity index (χ2n) is 13.6. The highest BCUT2D eigenvalue weighted by atomic mass is 16.5. The van der Waals surface area contributed by atoms with Gasteiger partial charge in [0.2, 0.25) is 17.7 Å². The lowest BCUT2D eigenvalue weighted by Crippen LogP contribution is -2.43. The van der Waals surface area contributed by atoms with Gasteiger partial charge in [-0.1, -0.05) is 6.08 Å². The maximum Gasteiger partial charge on any atom is 0.237 e. The van der Waals surface area contributed by atoms with Gasteiger partial charge < -0.3 is 14.5 Å². The summed E-state index contributed by atoms with van der Waals surface area (Å²) in [6, 6.07) is 15.6. The molecule has 254 valence electrons. The topological polar surface area (TPSA) is 133 Å². The maximum atomic E-state index is 14.0. The maximum absolute atomic E-state index is 14.0. The van der Waals surface area contributed by atoms with Crippen molar-refractivity contribution >= 4 is 34.0 Å². The van der Waals surface area contributed by atoms with Gasteiger partial charge in [-0.2, -0.15) is 5.10 Å². The second kappa shape index (κ2) is 13.1. The number of likely N-dealkylation sites (tertiary alicyclic amines) is 1. The first-order chi connectivity index (χ1) is 24.3. The van der Waals surface area contributed by atoms with Gasteiger partial charge in [0.1, 0.15) is 5.69 Å². The Hall–Kier alpha value is -5.49. The number of carbonyl (C=O) groups is 2. The normalized spacial score (nSPS) is 19.6. The summed E-state index contributed by atoms with van der Waals surface area (Å²) >= 11 is 0. The number of pyridine rings is 2. The molecule has 0 radical (unpaired) electrons. The number of anilines is 1. The fourth-order valence-corrected chi connectivity index (χ4v) is 7.34. The molecule has 0 aliphatic carbocycles. The molecule has 2 fully saturated rings. The minimum Gasteiger partial charge on any atom is -0.475 e. The zero-order valence-electron chi connectivity index (χ0n) is 28.2. The van der Waals surface area contributed by atoms with Crippen molar-refractivity contribution in [3.05, 3.63) is 85.1 Å². The number of benzene rings is 1. The molecule has 1 N–H and O–H groups in total. The Balaban J connectivity index is 0.889. The van der Waals surface area contributed by atoms with Crippen LogP contribution >= 0.6 is 0 Å². The van der Waals surface area contributed by atoms with Gasteiger partial charge in [0.05, 0.1) is 29.3 Å². The monoisotopic (exact) mass is 669 g/mol. The highest BCUT2D eigenvalue weighted by Gasteiger charge is 2.51. The number of ether oxygens (including phenoxy) is 1. The molecule has 0 saturated carbocycles. The Bertz CT molecular complexity index is 2060. The van der Waals surface area contributed by atoms with Crippen LogP contribution in [0.25, 0.3) is 39.1 Å². The third kappa shape index (κ3) is 6.11. The fraction of sp³-hybridized carbons (Fsp3) is 0.342. The standard InChI is InChI=1S/C38H39N9O3/c1-25(2)50-33-9-5-27(21-42-33)35-30-20-29(6-8-32(30)43-44-35)47-19-13-38(37(47)49)12-18-45(24-38)23-34(48)46-16-10-26(11-17-46)31-7-4-28(22-41-31)36-39-14-3-15-40-36/h3-10,14-15,20-22,25H,11-13,16-19,23-24H2,1-2H3,(H,43,44)/t38-/m0/s1. The molecule has 1 spiro atoms. The van der Waals surface area contributed by atoms with E-state index in [1.165, 1.54) is 0 Å². The largest absolute Gasteiger partial charge is 0.475 e. The van der Waals surface area contributed by atoms with Gasteiger partial charge in [0.25, 0.3) is 0 Å². The number of hydrogen-bond donors (Lipinski definition) is 1. The van der Waals surface area contributed by atoms with E-state index in [-0.39, 0.29) is 17.9 Å². The van der Waals surface area contributed by atoms with Crippen LogP contribution in [0.2, 0.25) is 0 Å². The van der Waals surface area contributed by atoms with E-state index < -0.39 is 5.41 Å². The Morgan fingerprint density at radius 3 is 2.52 bits per heavy atom. The van der Waals surface area contributed by atoms with Crippen molar-refractivity contribution in [2.24, 2.45) is 5.41 Å². The van der Waals surface area contributed by atoms with Crippen LogP contribution in [0.4, 0.5) is 5.69 Å². The van der Waals surface area contributed by atoms with E-state index in [2.05, 4.69) is 41.1 Å². The first kappa shape index (κ1) is 31.8. The average molecular weight is 670 g/mol. The third-order valence-corrected chi connectivity index (χ3v) is 10.0. The average Bonchev–Trinajstić information content (AvgIpc) is 3.85. The van der Waals surface area contributed by atoms with Crippen molar-refractivity contribution in [3.8, 4) is 28.5 Å². The van der Waals surface area contributed by atoms with Crippen LogP contribution < -0.4 is 9.64 Å². The molecule has 12 nitrogen and oxygen atoms in total. The Morgan fingerprint density at radius 2 is 1.78 bits per heavy atom. The summed E-state index contributed by atoms with van der Waals surface area (Å²) in [6.45, 7) is 7.43. The van der Waals surface area contributed by atoms with Crippen LogP contribution in [0.1, 0.15) is 38.8 Å². The minimum absolute atomic E-state index is 0.0435. The van der Waals surface area contributed by atoms with E-state index in [1.807, 2.05) is 66.1 Å². The number of carbonyl (C=O) groups excluding carboxylic acids is 2. The number of aromatic nitrogens is 6. The molecule has 3 aliphatic heterocycles. The molecule has 50 heavy (non-hydrogen) atoms. The molecule has 2 saturated heterocycles. The molecule has 2 amide bonds. The lowest BCUT2D eigenvalue weighted by molar-refractivity contribution is -0.132. The first-order valence-corrected chi connectivity index (χ1v) is 17.2. The lowest BCUT2D eigenvalue weighted by Gasteiger charge is -2.29. The second-order valence-corrected chi connectivity index (χ2v) is 13.6. The molecular formula is C38H39N9O3. The summed E-state index contributed by atoms with van der Waals surface area (Å²) in [5.74, 6) is 1.45. The van der Waals surface area contributed by atoms with Crippen LogP contribution in [0.15, 0.2) is 79.4 Å². The number of amides is 2. The number of H-pyrrole nitrogens is 1. The van der Waals surface area contributed by atoms with Crippen molar-refractivity contribution in [2.45, 2.75) is 39.2 Å². The molecule has 1 atom stereocenters. The van der Waals surface area contributed by atoms with Crippen molar-refractivity contribution in [1.82, 2.24) is 39.9 Å². The van der Waals surface area contributed by atoms with E-state index >= 15 is 0 Å². The van der Waals surface area contributed by atoms with E-state index in [4.69, 9.17) is 4.74 Å². The SMILES string of the molecule is CC(C)Oc1ccc(-c2n[nH]c3ccc(N4CC[C@]5(CCN(CC(=O)N6CC=C(c7ccc(-c8ncccn8)cn7)CC6)C5)C4=O)cc23)cn1. The molecule has 3 aliphatic rings. The fourth-order valence-electron chi connectivity index (χ4n) is 7.34. The highest BCUT2D eigenvalue weighted by molar-refractivity contribution is 6.03.